The van der Waals surface area contributed by atoms with Crippen LogP contribution in [0.1, 0.15) is 32.3 Å². The quantitative estimate of drug-likeness (QED) is 0.703. The van der Waals surface area contributed by atoms with Crippen LogP contribution in [0.25, 0.3) is 0 Å². The topological polar surface area (TPSA) is 30.5 Å². The van der Waals surface area contributed by atoms with Crippen molar-refractivity contribution >= 4 is 11.6 Å². The van der Waals surface area contributed by atoms with E-state index in [9.17, 15) is 0 Å². The molecule has 0 saturated carbocycles. The Morgan fingerprint density at radius 2 is 2.16 bits per heavy atom. The smallest absolute Gasteiger partial charge is 0.138 e. The molecule has 1 atom stereocenters. The summed E-state index contributed by atoms with van der Waals surface area (Å²) in [7, 11) is 1.70. The second-order valence-corrected chi connectivity index (χ2v) is 5.06. The van der Waals surface area contributed by atoms with Crippen molar-refractivity contribution in [3.8, 4) is 5.75 Å². The van der Waals surface area contributed by atoms with Crippen molar-refractivity contribution in [3.05, 3.63) is 28.8 Å². The van der Waals surface area contributed by atoms with Gasteiger partial charge in [-0.3, -0.25) is 0 Å². The molecular weight excluding hydrogens is 262 g/mol. The molecule has 0 aromatic heterocycles. The van der Waals surface area contributed by atoms with Crippen LogP contribution in [-0.2, 0) is 11.3 Å². The zero-order chi connectivity index (χ0) is 14.1. The van der Waals surface area contributed by atoms with Gasteiger partial charge in [-0.2, -0.15) is 0 Å². The third kappa shape index (κ3) is 6.28. The van der Waals surface area contributed by atoms with Gasteiger partial charge < -0.3 is 14.8 Å². The lowest BCUT2D eigenvalue weighted by atomic mass is 10.2. The first-order chi connectivity index (χ1) is 9.17. The van der Waals surface area contributed by atoms with E-state index in [1.807, 2.05) is 18.2 Å². The Morgan fingerprint density at radius 1 is 1.37 bits per heavy atom. The van der Waals surface area contributed by atoms with Crippen molar-refractivity contribution < 1.29 is 9.47 Å². The molecule has 0 saturated heterocycles. The third-order valence-corrected chi connectivity index (χ3v) is 3.13. The lowest BCUT2D eigenvalue weighted by Crippen LogP contribution is -2.18. The molecule has 1 N–H and O–H groups in total. The lowest BCUT2D eigenvalue weighted by molar-refractivity contribution is 0.199. The SMILES string of the molecule is CCCC(C)Oc1ccc(CNCCOC)cc1Cl. The van der Waals surface area contributed by atoms with Crippen molar-refractivity contribution in [1.82, 2.24) is 5.32 Å². The second kappa shape index (κ2) is 9.18. The van der Waals surface area contributed by atoms with Gasteiger partial charge in [-0.1, -0.05) is 31.0 Å². The maximum absolute atomic E-state index is 6.24. The molecule has 0 spiro atoms. The number of halogens is 1. The molecule has 19 heavy (non-hydrogen) atoms. The minimum Gasteiger partial charge on any atom is -0.489 e. The zero-order valence-corrected chi connectivity index (χ0v) is 12.8. The highest BCUT2D eigenvalue weighted by Gasteiger charge is 2.07. The van der Waals surface area contributed by atoms with Crippen molar-refractivity contribution in [2.45, 2.75) is 39.3 Å². The molecule has 0 heterocycles. The monoisotopic (exact) mass is 285 g/mol. The standard InChI is InChI=1S/C15H24ClNO2/c1-4-5-12(2)19-15-7-6-13(10-14(15)16)11-17-8-9-18-3/h6-7,10,12,17H,4-5,8-9,11H2,1-3H3. The maximum atomic E-state index is 6.24. The van der Waals surface area contributed by atoms with Gasteiger partial charge in [0.15, 0.2) is 0 Å². The number of rotatable bonds is 9. The van der Waals surface area contributed by atoms with Gasteiger partial charge in [-0.25, -0.2) is 0 Å². The summed E-state index contributed by atoms with van der Waals surface area (Å²) in [4.78, 5) is 0. The first kappa shape index (κ1) is 16.3. The summed E-state index contributed by atoms with van der Waals surface area (Å²) in [6, 6.07) is 5.94. The number of hydrogen-bond acceptors (Lipinski definition) is 3. The van der Waals surface area contributed by atoms with E-state index >= 15 is 0 Å². The Hall–Kier alpha value is -0.770. The van der Waals surface area contributed by atoms with Crippen LogP contribution in [0.2, 0.25) is 5.02 Å². The second-order valence-electron chi connectivity index (χ2n) is 4.65. The van der Waals surface area contributed by atoms with Crippen LogP contribution in [-0.4, -0.2) is 26.4 Å². The molecule has 1 rings (SSSR count). The molecule has 4 heteroatoms. The van der Waals surface area contributed by atoms with Gasteiger partial charge in [0.05, 0.1) is 17.7 Å². The Balaban J connectivity index is 2.49. The third-order valence-electron chi connectivity index (χ3n) is 2.83. The van der Waals surface area contributed by atoms with E-state index in [0.29, 0.717) is 11.6 Å². The van der Waals surface area contributed by atoms with E-state index in [4.69, 9.17) is 21.1 Å². The van der Waals surface area contributed by atoms with Crippen LogP contribution in [0.4, 0.5) is 0 Å². The van der Waals surface area contributed by atoms with E-state index in [1.165, 1.54) is 0 Å². The molecule has 3 nitrogen and oxygen atoms in total. The summed E-state index contributed by atoms with van der Waals surface area (Å²) in [5.41, 5.74) is 1.15. The highest BCUT2D eigenvalue weighted by molar-refractivity contribution is 6.32. The Kier molecular flexibility index (Phi) is 7.87. The average molecular weight is 286 g/mol. The predicted octanol–water partition coefficient (Wildman–Crippen LogP) is 3.64. The zero-order valence-electron chi connectivity index (χ0n) is 12.0. The van der Waals surface area contributed by atoms with E-state index in [2.05, 4.69) is 19.2 Å². The average Bonchev–Trinajstić information content (AvgIpc) is 2.38. The summed E-state index contributed by atoms with van der Waals surface area (Å²) in [6.45, 7) is 6.55. The van der Waals surface area contributed by atoms with E-state index in [-0.39, 0.29) is 6.10 Å². The van der Waals surface area contributed by atoms with Crippen LogP contribution in [0.5, 0.6) is 5.75 Å². The Labute approximate surface area is 121 Å². The molecule has 1 aromatic carbocycles. The van der Waals surface area contributed by atoms with Crippen molar-refractivity contribution in [3.63, 3.8) is 0 Å². The van der Waals surface area contributed by atoms with Crippen molar-refractivity contribution in [2.75, 3.05) is 20.3 Å². The highest BCUT2D eigenvalue weighted by Crippen LogP contribution is 2.27. The summed E-state index contributed by atoms with van der Waals surface area (Å²) in [5.74, 6) is 0.767. The molecule has 0 amide bonds. The highest BCUT2D eigenvalue weighted by atomic mass is 35.5. The first-order valence-electron chi connectivity index (χ1n) is 6.82. The van der Waals surface area contributed by atoms with E-state index < -0.39 is 0 Å². The van der Waals surface area contributed by atoms with Crippen molar-refractivity contribution in [1.29, 1.82) is 0 Å². The molecule has 0 aliphatic heterocycles. The van der Waals surface area contributed by atoms with Crippen LogP contribution in [0, 0.1) is 0 Å². The van der Waals surface area contributed by atoms with E-state index in [1.54, 1.807) is 7.11 Å². The molecule has 0 aliphatic rings. The van der Waals surface area contributed by atoms with Crippen LogP contribution >= 0.6 is 11.6 Å². The first-order valence-corrected chi connectivity index (χ1v) is 7.20. The molecule has 0 aliphatic carbocycles. The minimum absolute atomic E-state index is 0.202. The molecule has 1 aromatic rings. The van der Waals surface area contributed by atoms with E-state index in [0.717, 1.165) is 37.2 Å². The minimum atomic E-state index is 0.202. The number of hydrogen-bond donors (Lipinski definition) is 1. The van der Waals surface area contributed by atoms with Gasteiger partial charge in [-0.15, -0.1) is 0 Å². The fourth-order valence-corrected chi connectivity index (χ4v) is 2.09. The number of methoxy groups -OCH3 is 1. The maximum Gasteiger partial charge on any atom is 0.138 e. The van der Waals surface area contributed by atoms with Gasteiger partial charge in [0, 0.05) is 20.2 Å². The summed E-state index contributed by atoms with van der Waals surface area (Å²) < 4.78 is 10.8. The van der Waals surface area contributed by atoms with Gasteiger partial charge in [0.2, 0.25) is 0 Å². The normalized spacial score (nSPS) is 12.4. The lowest BCUT2D eigenvalue weighted by Gasteiger charge is -2.15. The molecule has 0 fully saturated rings. The fourth-order valence-electron chi connectivity index (χ4n) is 1.84. The van der Waals surface area contributed by atoms with Gasteiger partial charge in [-0.05, 0) is 31.0 Å². The van der Waals surface area contributed by atoms with Gasteiger partial charge >= 0.3 is 0 Å². The number of ether oxygens (including phenoxy) is 2. The molecule has 0 bridgehead atoms. The van der Waals surface area contributed by atoms with Gasteiger partial charge in [0.25, 0.3) is 0 Å². The Morgan fingerprint density at radius 3 is 2.79 bits per heavy atom. The summed E-state index contributed by atoms with van der Waals surface area (Å²) >= 11 is 6.24. The molecular formula is C15H24ClNO2. The largest absolute Gasteiger partial charge is 0.489 e. The van der Waals surface area contributed by atoms with Crippen LogP contribution < -0.4 is 10.1 Å². The molecule has 0 radical (unpaired) electrons. The number of benzene rings is 1. The number of nitrogens with one attached hydrogen (secondary N) is 1. The fraction of sp³-hybridized carbons (Fsp3) is 0.600. The molecule has 108 valence electrons. The predicted molar refractivity (Wildman–Crippen MR) is 80.0 cm³/mol. The Bertz CT molecular complexity index is 371. The summed E-state index contributed by atoms with van der Waals surface area (Å²) in [6.07, 6.45) is 2.35. The molecule has 1 unspecified atom stereocenters. The van der Waals surface area contributed by atoms with Crippen LogP contribution in [0.15, 0.2) is 18.2 Å². The summed E-state index contributed by atoms with van der Waals surface area (Å²) in [5, 5.41) is 3.96. The van der Waals surface area contributed by atoms with Crippen molar-refractivity contribution in [2.24, 2.45) is 0 Å². The van der Waals surface area contributed by atoms with Crippen LogP contribution in [0.3, 0.4) is 0 Å². The van der Waals surface area contributed by atoms with Gasteiger partial charge in [0.1, 0.15) is 5.75 Å².